The summed E-state index contributed by atoms with van der Waals surface area (Å²) in [4.78, 5) is 20.0. The highest BCUT2D eigenvalue weighted by Crippen LogP contribution is 2.27. The Morgan fingerprint density at radius 2 is 1.91 bits per heavy atom. The number of benzene rings is 2. The monoisotopic (exact) mass is 467 g/mol. The van der Waals surface area contributed by atoms with Crippen LogP contribution >= 0.6 is 11.8 Å². The summed E-state index contributed by atoms with van der Waals surface area (Å²) in [7, 11) is 3.20. The van der Waals surface area contributed by atoms with Crippen LogP contribution in [-0.2, 0) is 24.1 Å². The van der Waals surface area contributed by atoms with E-state index in [0.29, 0.717) is 48.4 Å². The smallest absolute Gasteiger partial charge is 0.277 e. The molecule has 1 amide bonds. The Balaban J connectivity index is 1.18. The SMILES string of the molecule is COc1ccc(CCNC(=O)CSc2nnc(CCc3nc4ccccc4[nH]3)o2)cc1OC. The zero-order valence-electron chi connectivity index (χ0n) is 18.5. The van der Waals surface area contributed by atoms with Crippen molar-refractivity contribution in [2.45, 2.75) is 24.5 Å². The lowest BCUT2D eigenvalue weighted by atomic mass is 10.1. The van der Waals surface area contributed by atoms with Gasteiger partial charge in [-0.1, -0.05) is 30.0 Å². The summed E-state index contributed by atoms with van der Waals surface area (Å²) < 4.78 is 16.2. The number of imidazole rings is 1. The van der Waals surface area contributed by atoms with Gasteiger partial charge in [0.05, 0.1) is 31.0 Å². The number of para-hydroxylation sites is 2. The summed E-state index contributed by atoms with van der Waals surface area (Å²) in [5, 5.41) is 11.4. The number of amides is 1. The number of carbonyl (C=O) groups excluding carboxylic acids is 1. The molecule has 0 spiro atoms. The summed E-state index contributed by atoms with van der Waals surface area (Å²) in [5.74, 6) is 2.85. The van der Waals surface area contributed by atoms with E-state index in [4.69, 9.17) is 13.9 Å². The third-order valence-electron chi connectivity index (χ3n) is 4.97. The van der Waals surface area contributed by atoms with Crippen molar-refractivity contribution in [2.24, 2.45) is 0 Å². The van der Waals surface area contributed by atoms with E-state index in [0.717, 1.165) is 22.4 Å². The summed E-state index contributed by atoms with van der Waals surface area (Å²) in [6, 6.07) is 13.6. The third kappa shape index (κ3) is 6.04. The molecule has 2 aromatic carbocycles. The predicted molar refractivity (Wildman–Crippen MR) is 125 cm³/mol. The molecule has 172 valence electrons. The van der Waals surface area contributed by atoms with Crippen LogP contribution in [0.3, 0.4) is 0 Å². The first-order valence-corrected chi connectivity index (χ1v) is 11.5. The van der Waals surface area contributed by atoms with Gasteiger partial charge in [-0.2, -0.15) is 0 Å². The summed E-state index contributed by atoms with van der Waals surface area (Å²) in [5.41, 5.74) is 2.99. The van der Waals surface area contributed by atoms with Crippen LogP contribution in [0.1, 0.15) is 17.3 Å². The van der Waals surface area contributed by atoms with Crippen molar-refractivity contribution in [1.82, 2.24) is 25.5 Å². The maximum atomic E-state index is 12.2. The van der Waals surface area contributed by atoms with Crippen LogP contribution in [0.4, 0.5) is 0 Å². The number of rotatable bonds is 11. The molecule has 0 radical (unpaired) electrons. The van der Waals surface area contributed by atoms with Crippen LogP contribution in [-0.4, -0.2) is 52.6 Å². The highest BCUT2D eigenvalue weighted by Gasteiger charge is 2.11. The number of nitrogens with zero attached hydrogens (tertiary/aromatic N) is 3. The van der Waals surface area contributed by atoms with Gasteiger partial charge in [-0.3, -0.25) is 4.79 Å². The lowest BCUT2D eigenvalue weighted by molar-refractivity contribution is -0.118. The Morgan fingerprint density at radius 1 is 1.06 bits per heavy atom. The molecule has 0 saturated heterocycles. The molecule has 0 aliphatic rings. The molecule has 0 atom stereocenters. The van der Waals surface area contributed by atoms with Gasteiger partial charge >= 0.3 is 0 Å². The highest BCUT2D eigenvalue weighted by atomic mass is 32.2. The van der Waals surface area contributed by atoms with Gasteiger partial charge in [0.1, 0.15) is 5.82 Å². The van der Waals surface area contributed by atoms with Crippen LogP contribution < -0.4 is 14.8 Å². The molecule has 0 unspecified atom stereocenters. The van der Waals surface area contributed by atoms with Gasteiger partial charge in [-0.05, 0) is 36.2 Å². The summed E-state index contributed by atoms with van der Waals surface area (Å²) >= 11 is 1.22. The molecule has 2 aromatic heterocycles. The quantitative estimate of drug-likeness (QED) is 0.323. The number of H-pyrrole nitrogens is 1. The molecule has 2 N–H and O–H groups in total. The summed E-state index contributed by atoms with van der Waals surface area (Å²) in [6.07, 6.45) is 1.92. The molecule has 0 bridgehead atoms. The third-order valence-corrected chi connectivity index (χ3v) is 5.79. The first-order valence-electron chi connectivity index (χ1n) is 10.5. The lowest BCUT2D eigenvalue weighted by Gasteiger charge is -2.10. The molecule has 2 heterocycles. The number of hydrogen-bond acceptors (Lipinski definition) is 8. The number of ether oxygens (including phenoxy) is 2. The van der Waals surface area contributed by atoms with Crippen LogP contribution in [0.25, 0.3) is 11.0 Å². The van der Waals surface area contributed by atoms with Gasteiger partial charge in [-0.25, -0.2) is 4.98 Å². The average Bonchev–Trinajstić information content (AvgIpc) is 3.47. The topological polar surface area (TPSA) is 115 Å². The second-order valence-corrected chi connectivity index (χ2v) is 8.17. The Hall–Kier alpha value is -3.53. The van der Waals surface area contributed by atoms with Crippen molar-refractivity contribution >= 4 is 28.7 Å². The van der Waals surface area contributed by atoms with E-state index in [9.17, 15) is 4.79 Å². The van der Waals surface area contributed by atoms with Gasteiger partial charge in [0.25, 0.3) is 5.22 Å². The maximum Gasteiger partial charge on any atom is 0.277 e. The molecule has 0 fully saturated rings. The standard InChI is InChI=1S/C23H25N5O4S/c1-30-18-8-7-15(13-19(18)31-2)11-12-24-21(29)14-33-23-28-27-22(32-23)10-9-20-25-16-5-3-4-6-17(16)26-20/h3-8,13H,9-12,14H2,1-2H3,(H,24,29)(H,25,26). The zero-order chi connectivity index (χ0) is 23.0. The number of aromatic amines is 1. The van der Waals surface area contributed by atoms with Gasteiger partial charge in [0, 0.05) is 19.4 Å². The number of fused-ring (bicyclic) bond motifs is 1. The predicted octanol–water partition coefficient (Wildman–Crippen LogP) is 3.20. The number of aryl methyl sites for hydroxylation is 2. The lowest BCUT2D eigenvalue weighted by Crippen LogP contribution is -2.27. The average molecular weight is 468 g/mol. The van der Waals surface area contributed by atoms with Crippen LogP contribution in [0.2, 0.25) is 0 Å². The van der Waals surface area contributed by atoms with Gasteiger partial charge < -0.3 is 24.2 Å². The molecule has 4 rings (SSSR count). The van der Waals surface area contributed by atoms with Crippen molar-refractivity contribution in [3.05, 3.63) is 59.7 Å². The second-order valence-electron chi connectivity index (χ2n) is 7.24. The summed E-state index contributed by atoms with van der Waals surface area (Å²) in [6.45, 7) is 0.515. The van der Waals surface area contributed by atoms with Crippen LogP contribution in [0.5, 0.6) is 11.5 Å². The highest BCUT2D eigenvalue weighted by molar-refractivity contribution is 7.99. The van der Waals surface area contributed by atoms with E-state index < -0.39 is 0 Å². The fraction of sp³-hybridized carbons (Fsp3) is 0.304. The Bertz CT molecular complexity index is 1190. The van der Waals surface area contributed by atoms with Gasteiger partial charge in [0.2, 0.25) is 11.8 Å². The first-order chi connectivity index (χ1) is 16.1. The van der Waals surface area contributed by atoms with Crippen molar-refractivity contribution in [3.63, 3.8) is 0 Å². The Morgan fingerprint density at radius 3 is 2.73 bits per heavy atom. The Kier molecular flexibility index (Phi) is 7.46. The van der Waals surface area contributed by atoms with Crippen LogP contribution in [0.15, 0.2) is 52.1 Å². The van der Waals surface area contributed by atoms with Gasteiger partial charge in [-0.15, -0.1) is 10.2 Å². The van der Waals surface area contributed by atoms with Gasteiger partial charge in [0.15, 0.2) is 11.5 Å². The Labute approximate surface area is 195 Å². The van der Waals surface area contributed by atoms with Crippen molar-refractivity contribution < 1.29 is 18.7 Å². The normalized spacial score (nSPS) is 11.0. The molecule has 10 heteroatoms. The van der Waals surface area contributed by atoms with E-state index in [-0.39, 0.29) is 11.7 Å². The second kappa shape index (κ2) is 10.9. The molecule has 9 nitrogen and oxygen atoms in total. The zero-order valence-corrected chi connectivity index (χ0v) is 19.3. The number of thioether (sulfide) groups is 1. The van der Waals surface area contributed by atoms with Crippen molar-refractivity contribution in [3.8, 4) is 11.5 Å². The largest absolute Gasteiger partial charge is 0.493 e. The van der Waals surface area contributed by atoms with E-state index in [2.05, 4.69) is 25.5 Å². The fourth-order valence-electron chi connectivity index (χ4n) is 3.31. The maximum absolute atomic E-state index is 12.2. The van der Waals surface area contributed by atoms with E-state index in [1.54, 1.807) is 14.2 Å². The minimum absolute atomic E-state index is 0.0949. The number of hydrogen-bond donors (Lipinski definition) is 2. The van der Waals surface area contributed by atoms with E-state index >= 15 is 0 Å². The molecule has 4 aromatic rings. The molecular weight excluding hydrogens is 442 g/mol. The van der Waals surface area contributed by atoms with E-state index in [1.165, 1.54) is 11.8 Å². The fourth-order valence-corrected chi connectivity index (χ4v) is 3.92. The molecule has 0 aliphatic heterocycles. The van der Waals surface area contributed by atoms with Crippen molar-refractivity contribution in [1.29, 1.82) is 0 Å². The number of methoxy groups -OCH3 is 2. The number of aromatic nitrogens is 4. The number of carbonyl (C=O) groups is 1. The number of nitrogens with one attached hydrogen (secondary N) is 2. The first kappa shape index (κ1) is 22.7. The molecule has 33 heavy (non-hydrogen) atoms. The minimum atomic E-state index is -0.0949. The molecule has 0 saturated carbocycles. The molecular formula is C23H25N5O4S. The van der Waals surface area contributed by atoms with Crippen molar-refractivity contribution in [2.75, 3.05) is 26.5 Å². The minimum Gasteiger partial charge on any atom is -0.493 e. The van der Waals surface area contributed by atoms with Crippen LogP contribution in [0, 0.1) is 0 Å². The van der Waals surface area contributed by atoms with E-state index in [1.807, 2.05) is 42.5 Å². The molecule has 0 aliphatic carbocycles.